The van der Waals surface area contributed by atoms with Crippen LogP contribution in [0.3, 0.4) is 0 Å². The SMILES string of the molecule is CC(=O)CC(=O)Cc1ccc(C(F)(F)F)cc1C(F)(F)F. The summed E-state index contributed by atoms with van der Waals surface area (Å²) in [7, 11) is 0. The second kappa shape index (κ2) is 5.87. The Balaban J connectivity index is 3.21. The van der Waals surface area contributed by atoms with Gasteiger partial charge in [-0.25, -0.2) is 0 Å². The number of Topliss-reactive ketones (excluding diaryl/α,β-unsaturated/α-hetero) is 2. The van der Waals surface area contributed by atoms with Gasteiger partial charge >= 0.3 is 12.4 Å². The molecule has 0 bridgehead atoms. The average molecular weight is 312 g/mol. The number of halogens is 6. The summed E-state index contributed by atoms with van der Waals surface area (Å²) >= 11 is 0. The molecule has 0 unspecified atom stereocenters. The van der Waals surface area contributed by atoms with Crippen LogP contribution in [0.25, 0.3) is 0 Å². The zero-order valence-corrected chi connectivity index (χ0v) is 10.7. The number of carbonyl (C=O) groups excluding carboxylic acids is 2. The quantitative estimate of drug-likeness (QED) is 0.626. The number of ketones is 2. The molecule has 116 valence electrons. The maximum absolute atomic E-state index is 12.8. The monoisotopic (exact) mass is 312 g/mol. The summed E-state index contributed by atoms with van der Waals surface area (Å²) in [6, 6.07) is 1.06. The first-order valence-corrected chi connectivity index (χ1v) is 5.69. The van der Waals surface area contributed by atoms with Gasteiger partial charge in [-0.3, -0.25) is 9.59 Å². The highest BCUT2D eigenvalue weighted by molar-refractivity contribution is 5.98. The molecule has 0 aliphatic heterocycles. The van der Waals surface area contributed by atoms with Gasteiger partial charge in [0.15, 0.2) is 0 Å². The molecule has 0 saturated carbocycles. The minimum absolute atomic E-state index is 0.0314. The largest absolute Gasteiger partial charge is 0.416 e. The predicted octanol–water partition coefficient (Wildman–Crippen LogP) is 3.81. The second-order valence-electron chi connectivity index (χ2n) is 4.46. The van der Waals surface area contributed by atoms with E-state index < -0.39 is 53.5 Å². The molecule has 0 heterocycles. The first kappa shape index (κ1) is 17.2. The van der Waals surface area contributed by atoms with E-state index in [4.69, 9.17) is 0 Å². The van der Waals surface area contributed by atoms with Gasteiger partial charge in [0.2, 0.25) is 0 Å². The zero-order chi connectivity index (χ0) is 16.4. The maximum atomic E-state index is 12.8. The molecule has 0 fully saturated rings. The van der Waals surface area contributed by atoms with E-state index in [0.717, 1.165) is 6.92 Å². The molecule has 8 heteroatoms. The number of hydrogen-bond acceptors (Lipinski definition) is 2. The summed E-state index contributed by atoms with van der Waals surface area (Å²) in [5.41, 5.74) is -3.55. The van der Waals surface area contributed by atoms with E-state index in [1.54, 1.807) is 0 Å². The second-order valence-corrected chi connectivity index (χ2v) is 4.46. The van der Waals surface area contributed by atoms with Gasteiger partial charge in [0.1, 0.15) is 11.6 Å². The van der Waals surface area contributed by atoms with Crippen LogP contribution in [0.15, 0.2) is 18.2 Å². The van der Waals surface area contributed by atoms with Gasteiger partial charge in [0, 0.05) is 6.42 Å². The number of alkyl halides is 6. The van der Waals surface area contributed by atoms with Crippen molar-refractivity contribution in [3.05, 3.63) is 34.9 Å². The summed E-state index contributed by atoms with van der Waals surface area (Å²) in [5, 5.41) is 0. The van der Waals surface area contributed by atoms with Crippen LogP contribution in [0.2, 0.25) is 0 Å². The molecular formula is C13H10F6O2. The molecule has 1 aromatic carbocycles. The van der Waals surface area contributed by atoms with Gasteiger partial charge < -0.3 is 0 Å². The van der Waals surface area contributed by atoms with Crippen molar-refractivity contribution in [1.29, 1.82) is 0 Å². The van der Waals surface area contributed by atoms with Crippen molar-refractivity contribution in [2.45, 2.75) is 32.1 Å². The Bertz CT molecular complexity index is 557. The van der Waals surface area contributed by atoms with Crippen molar-refractivity contribution in [2.75, 3.05) is 0 Å². The van der Waals surface area contributed by atoms with Crippen molar-refractivity contribution >= 4 is 11.6 Å². The Morgan fingerprint density at radius 3 is 2.00 bits per heavy atom. The predicted molar refractivity (Wildman–Crippen MR) is 60.5 cm³/mol. The highest BCUT2D eigenvalue weighted by Crippen LogP contribution is 2.37. The van der Waals surface area contributed by atoms with Gasteiger partial charge in [0.05, 0.1) is 17.5 Å². The molecular weight excluding hydrogens is 302 g/mol. The Morgan fingerprint density at radius 1 is 1.00 bits per heavy atom. The van der Waals surface area contributed by atoms with Crippen LogP contribution in [0.4, 0.5) is 26.3 Å². The van der Waals surface area contributed by atoms with E-state index in [0.29, 0.717) is 12.1 Å². The summed E-state index contributed by atoms with van der Waals surface area (Å²) in [6.07, 6.45) is -11.2. The highest BCUT2D eigenvalue weighted by atomic mass is 19.4. The molecule has 0 saturated heterocycles. The lowest BCUT2D eigenvalue weighted by molar-refractivity contribution is -0.143. The molecule has 2 nitrogen and oxygen atoms in total. The first-order chi connectivity index (χ1) is 9.41. The van der Waals surface area contributed by atoms with Crippen molar-refractivity contribution in [3.63, 3.8) is 0 Å². The molecule has 0 radical (unpaired) electrons. The molecule has 21 heavy (non-hydrogen) atoms. The van der Waals surface area contributed by atoms with Crippen LogP contribution in [0.1, 0.15) is 30.0 Å². The van der Waals surface area contributed by atoms with Crippen molar-refractivity contribution in [1.82, 2.24) is 0 Å². The molecule has 0 amide bonds. The third-order valence-corrected chi connectivity index (χ3v) is 2.58. The Hall–Kier alpha value is -1.86. The summed E-state index contributed by atoms with van der Waals surface area (Å²) in [5.74, 6) is -1.31. The standard InChI is InChI=1S/C13H10F6O2/c1-7(20)4-10(21)5-8-2-3-9(12(14,15)16)6-11(8)13(17,18)19/h2-3,6H,4-5H2,1H3. The van der Waals surface area contributed by atoms with Gasteiger partial charge in [-0.1, -0.05) is 6.07 Å². The van der Waals surface area contributed by atoms with Gasteiger partial charge in [-0.15, -0.1) is 0 Å². The van der Waals surface area contributed by atoms with Crippen molar-refractivity contribution in [3.8, 4) is 0 Å². The van der Waals surface area contributed by atoms with E-state index in [2.05, 4.69) is 0 Å². The van der Waals surface area contributed by atoms with Crippen LogP contribution >= 0.6 is 0 Å². The smallest absolute Gasteiger partial charge is 0.300 e. The van der Waals surface area contributed by atoms with Crippen LogP contribution in [-0.4, -0.2) is 11.6 Å². The first-order valence-electron chi connectivity index (χ1n) is 5.69. The highest BCUT2D eigenvalue weighted by Gasteiger charge is 2.38. The van der Waals surface area contributed by atoms with Crippen molar-refractivity contribution in [2.24, 2.45) is 0 Å². The lowest BCUT2D eigenvalue weighted by Gasteiger charge is -2.15. The lowest BCUT2D eigenvalue weighted by atomic mass is 9.97. The average Bonchev–Trinajstić information content (AvgIpc) is 2.24. The summed E-state index contributed by atoms with van der Waals surface area (Å²) < 4.78 is 75.7. The lowest BCUT2D eigenvalue weighted by Crippen LogP contribution is -2.16. The molecule has 0 aliphatic rings. The van der Waals surface area contributed by atoms with Gasteiger partial charge in [0.25, 0.3) is 0 Å². The third kappa shape index (κ3) is 4.87. The number of rotatable bonds is 4. The fourth-order valence-electron chi connectivity index (χ4n) is 1.72. The van der Waals surface area contributed by atoms with Crippen LogP contribution < -0.4 is 0 Å². The third-order valence-electron chi connectivity index (χ3n) is 2.58. The van der Waals surface area contributed by atoms with Crippen LogP contribution in [-0.2, 0) is 28.4 Å². The zero-order valence-electron chi connectivity index (χ0n) is 10.7. The number of benzene rings is 1. The molecule has 0 aliphatic carbocycles. The maximum Gasteiger partial charge on any atom is 0.416 e. The van der Waals surface area contributed by atoms with Crippen molar-refractivity contribution < 1.29 is 35.9 Å². The molecule has 1 aromatic rings. The normalized spacial score (nSPS) is 12.3. The number of carbonyl (C=O) groups is 2. The van der Waals surface area contributed by atoms with E-state index >= 15 is 0 Å². The molecule has 1 rings (SSSR count). The fraction of sp³-hybridized carbons (Fsp3) is 0.385. The minimum atomic E-state index is -5.02. The Labute approximate surface area is 115 Å². The van der Waals surface area contributed by atoms with Crippen LogP contribution in [0.5, 0.6) is 0 Å². The van der Waals surface area contributed by atoms with E-state index in [1.165, 1.54) is 0 Å². The van der Waals surface area contributed by atoms with E-state index in [1.807, 2.05) is 0 Å². The minimum Gasteiger partial charge on any atom is -0.300 e. The number of hydrogen-bond donors (Lipinski definition) is 0. The Morgan fingerprint density at radius 2 is 1.57 bits per heavy atom. The molecule has 0 aromatic heterocycles. The Kier molecular flexibility index (Phi) is 4.80. The van der Waals surface area contributed by atoms with E-state index in [-0.39, 0.29) is 6.07 Å². The van der Waals surface area contributed by atoms with Crippen LogP contribution in [0, 0.1) is 0 Å². The summed E-state index contributed by atoms with van der Waals surface area (Å²) in [4.78, 5) is 22.1. The van der Waals surface area contributed by atoms with Gasteiger partial charge in [-0.2, -0.15) is 26.3 Å². The fourth-order valence-corrected chi connectivity index (χ4v) is 1.72. The molecule has 0 spiro atoms. The van der Waals surface area contributed by atoms with E-state index in [9.17, 15) is 35.9 Å². The van der Waals surface area contributed by atoms with Gasteiger partial charge in [-0.05, 0) is 24.6 Å². The summed E-state index contributed by atoms with van der Waals surface area (Å²) in [6.45, 7) is 1.09. The molecule has 0 atom stereocenters. The topological polar surface area (TPSA) is 34.1 Å². The molecule has 0 N–H and O–H groups in total.